The molecule has 0 spiro atoms. The first kappa shape index (κ1) is 12.9. The van der Waals surface area contributed by atoms with Crippen molar-refractivity contribution in [3.05, 3.63) is 33.3 Å². The van der Waals surface area contributed by atoms with Gasteiger partial charge in [0.05, 0.1) is 14.2 Å². The average molecular weight is 287 g/mol. The van der Waals surface area contributed by atoms with Crippen LogP contribution in [0.2, 0.25) is 0 Å². The molecule has 0 fully saturated rings. The maximum atomic E-state index is 11.9. The van der Waals surface area contributed by atoms with E-state index in [0.717, 1.165) is 0 Å². The lowest BCUT2D eigenvalue weighted by Gasteiger charge is -2.17. The van der Waals surface area contributed by atoms with E-state index in [9.17, 15) is 9.59 Å². The highest BCUT2D eigenvalue weighted by atomic mass is 35.5. The number of carbonyl (C=O) groups excluding carboxylic acids is 2. The minimum atomic E-state index is -0.503. The molecule has 0 amide bonds. The van der Waals surface area contributed by atoms with Crippen molar-refractivity contribution < 1.29 is 19.1 Å². The van der Waals surface area contributed by atoms with Gasteiger partial charge in [0.2, 0.25) is 11.6 Å². The average Bonchev–Trinajstić information content (AvgIpc) is 2.41. The van der Waals surface area contributed by atoms with E-state index in [1.807, 2.05) is 0 Å². The lowest BCUT2D eigenvalue weighted by atomic mass is 9.94. The van der Waals surface area contributed by atoms with Gasteiger partial charge in [-0.2, -0.15) is 0 Å². The normalized spacial score (nSPS) is 14.7. The summed E-state index contributed by atoms with van der Waals surface area (Å²) in [6.45, 7) is 0. The molecule has 1 aromatic carbocycles. The molecule has 0 bridgehead atoms. The van der Waals surface area contributed by atoms with Crippen LogP contribution in [0.5, 0.6) is 11.5 Å². The number of hydrogen-bond acceptors (Lipinski definition) is 4. The Bertz CT molecular complexity index is 539. The third-order valence-corrected chi connectivity index (χ3v) is 3.42. The molecule has 0 unspecified atom stereocenters. The number of methoxy groups -OCH3 is 2. The van der Waals surface area contributed by atoms with Gasteiger partial charge in [-0.15, -0.1) is 0 Å². The minimum Gasteiger partial charge on any atom is -0.493 e. The van der Waals surface area contributed by atoms with Crippen LogP contribution in [0.3, 0.4) is 0 Å². The van der Waals surface area contributed by atoms with Crippen molar-refractivity contribution in [1.82, 2.24) is 0 Å². The van der Waals surface area contributed by atoms with Gasteiger partial charge in [0.15, 0.2) is 11.5 Å². The van der Waals surface area contributed by atoms with E-state index in [4.69, 9.17) is 32.7 Å². The molecule has 0 atom stereocenters. The van der Waals surface area contributed by atoms with Gasteiger partial charge in [0, 0.05) is 11.1 Å². The fourth-order valence-corrected chi connectivity index (χ4v) is 2.07. The second-order valence-corrected chi connectivity index (χ2v) is 4.29. The van der Waals surface area contributed by atoms with E-state index in [2.05, 4.69) is 0 Å². The maximum absolute atomic E-state index is 11.9. The fraction of sp³-hybridized carbons (Fsp3) is 0.167. The molecule has 4 nitrogen and oxygen atoms in total. The highest BCUT2D eigenvalue weighted by Gasteiger charge is 2.32. The molecule has 1 aromatic rings. The van der Waals surface area contributed by atoms with Crippen LogP contribution in [-0.2, 0) is 0 Å². The van der Waals surface area contributed by atoms with Gasteiger partial charge in [-0.3, -0.25) is 9.59 Å². The Kier molecular flexibility index (Phi) is 3.32. The predicted octanol–water partition coefficient (Wildman–Crippen LogP) is 2.77. The first-order valence-corrected chi connectivity index (χ1v) is 5.67. The van der Waals surface area contributed by atoms with Crippen LogP contribution in [0.4, 0.5) is 0 Å². The summed E-state index contributed by atoms with van der Waals surface area (Å²) in [5, 5.41) is -0.553. The van der Waals surface area contributed by atoms with Crippen LogP contribution in [0.1, 0.15) is 20.7 Å². The van der Waals surface area contributed by atoms with Gasteiger partial charge in [-0.25, -0.2) is 0 Å². The highest BCUT2D eigenvalue weighted by molar-refractivity contribution is 6.59. The van der Waals surface area contributed by atoms with Crippen molar-refractivity contribution in [2.45, 2.75) is 0 Å². The predicted molar refractivity (Wildman–Crippen MR) is 66.9 cm³/mol. The lowest BCUT2D eigenvalue weighted by molar-refractivity contribution is 0.0986. The Morgan fingerprint density at radius 3 is 1.44 bits per heavy atom. The largest absolute Gasteiger partial charge is 0.493 e. The molecule has 0 radical (unpaired) electrons. The Labute approximate surface area is 113 Å². The summed E-state index contributed by atoms with van der Waals surface area (Å²) in [5.74, 6) is -0.311. The summed E-state index contributed by atoms with van der Waals surface area (Å²) < 4.78 is 10.1. The van der Waals surface area contributed by atoms with Crippen molar-refractivity contribution in [2.24, 2.45) is 0 Å². The second kappa shape index (κ2) is 4.63. The maximum Gasteiger partial charge on any atom is 0.206 e. The summed E-state index contributed by atoms with van der Waals surface area (Å²) in [6.07, 6.45) is 0. The summed E-state index contributed by atoms with van der Waals surface area (Å²) >= 11 is 11.4. The molecule has 0 saturated heterocycles. The van der Waals surface area contributed by atoms with E-state index >= 15 is 0 Å². The molecular weight excluding hydrogens is 279 g/mol. The Morgan fingerprint density at radius 2 is 1.17 bits per heavy atom. The summed E-state index contributed by atoms with van der Waals surface area (Å²) in [4.78, 5) is 23.8. The zero-order valence-electron chi connectivity index (χ0n) is 9.54. The van der Waals surface area contributed by atoms with E-state index in [1.54, 1.807) is 0 Å². The molecule has 2 rings (SSSR count). The van der Waals surface area contributed by atoms with E-state index in [-0.39, 0.29) is 21.2 Å². The zero-order chi connectivity index (χ0) is 13.4. The van der Waals surface area contributed by atoms with Crippen LogP contribution < -0.4 is 9.47 Å². The number of ketones is 2. The molecule has 6 heteroatoms. The fourth-order valence-electron chi connectivity index (χ4n) is 1.69. The Hall–Kier alpha value is -1.52. The Balaban J connectivity index is 2.71. The SMILES string of the molecule is COc1cc2c(cc1OC)C(=O)C(Cl)=C(Cl)C2=O. The first-order chi connectivity index (χ1) is 8.51. The zero-order valence-corrected chi connectivity index (χ0v) is 11.1. The van der Waals surface area contributed by atoms with Crippen molar-refractivity contribution in [1.29, 1.82) is 0 Å². The summed E-state index contributed by atoms with van der Waals surface area (Å²) in [7, 11) is 2.87. The smallest absolute Gasteiger partial charge is 0.206 e. The monoisotopic (exact) mass is 286 g/mol. The van der Waals surface area contributed by atoms with E-state index in [0.29, 0.717) is 11.5 Å². The number of hydrogen-bond donors (Lipinski definition) is 0. The molecule has 1 aliphatic carbocycles. The molecule has 1 aliphatic rings. The molecule has 0 saturated carbocycles. The summed E-state index contributed by atoms with van der Waals surface area (Å²) in [6, 6.07) is 2.83. The van der Waals surface area contributed by atoms with Crippen molar-refractivity contribution in [2.75, 3.05) is 14.2 Å². The van der Waals surface area contributed by atoms with Crippen LogP contribution in [-0.4, -0.2) is 25.8 Å². The van der Waals surface area contributed by atoms with Crippen molar-refractivity contribution in [3.8, 4) is 11.5 Å². The lowest BCUT2D eigenvalue weighted by Crippen LogP contribution is -2.18. The number of allylic oxidation sites excluding steroid dienone is 2. The van der Waals surface area contributed by atoms with Crippen molar-refractivity contribution >= 4 is 34.8 Å². The number of Topliss-reactive ketones (excluding diaryl/α,β-unsaturated/α-hetero) is 2. The molecule has 0 aliphatic heterocycles. The molecule has 94 valence electrons. The van der Waals surface area contributed by atoms with Gasteiger partial charge in [0.25, 0.3) is 0 Å². The van der Waals surface area contributed by atoms with E-state index < -0.39 is 11.6 Å². The van der Waals surface area contributed by atoms with Crippen LogP contribution in [0, 0.1) is 0 Å². The van der Waals surface area contributed by atoms with Gasteiger partial charge in [0.1, 0.15) is 10.1 Å². The van der Waals surface area contributed by atoms with Gasteiger partial charge in [-0.1, -0.05) is 23.2 Å². The van der Waals surface area contributed by atoms with Crippen LogP contribution in [0.25, 0.3) is 0 Å². The number of rotatable bonds is 2. The topological polar surface area (TPSA) is 52.6 Å². The van der Waals surface area contributed by atoms with Gasteiger partial charge < -0.3 is 9.47 Å². The van der Waals surface area contributed by atoms with Gasteiger partial charge in [-0.05, 0) is 12.1 Å². The number of ether oxygens (including phenoxy) is 2. The Morgan fingerprint density at radius 1 is 0.833 bits per heavy atom. The first-order valence-electron chi connectivity index (χ1n) is 4.92. The third kappa shape index (κ3) is 1.78. The van der Waals surface area contributed by atoms with Crippen molar-refractivity contribution in [3.63, 3.8) is 0 Å². The molecule has 0 aromatic heterocycles. The van der Waals surface area contributed by atoms with Gasteiger partial charge >= 0.3 is 0 Å². The number of benzene rings is 1. The standard InChI is InChI=1S/C12H8Cl2O4/c1-17-7-3-5-6(4-8(7)18-2)12(16)10(14)9(13)11(5)15/h3-4H,1-2H3. The molecule has 0 N–H and O–H groups in total. The second-order valence-electron chi connectivity index (χ2n) is 3.54. The third-order valence-electron chi connectivity index (χ3n) is 2.60. The summed E-state index contributed by atoms with van der Waals surface area (Å²) in [5.41, 5.74) is 0.319. The number of carbonyl (C=O) groups is 2. The molecular formula is C12H8Cl2O4. The van der Waals surface area contributed by atoms with Crippen LogP contribution in [0.15, 0.2) is 22.2 Å². The molecule has 18 heavy (non-hydrogen) atoms. The highest BCUT2D eigenvalue weighted by Crippen LogP contribution is 2.37. The number of fused-ring (bicyclic) bond motifs is 1. The molecule has 0 heterocycles. The quantitative estimate of drug-likeness (QED) is 0.839. The van der Waals surface area contributed by atoms with E-state index in [1.165, 1.54) is 26.4 Å². The van der Waals surface area contributed by atoms with Crippen LogP contribution >= 0.6 is 23.2 Å². The number of halogens is 2. The minimum absolute atomic E-state index is 0.159.